The summed E-state index contributed by atoms with van der Waals surface area (Å²) in [6, 6.07) is 0.632. The lowest BCUT2D eigenvalue weighted by Crippen LogP contribution is -2.28. The van der Waals surface area contributed by atoms with E-state index in [2.05, 4.69) is 38.7 Å². The van der Waals surface area contributed by atoms with Gasteiger partial charge < -0.3 is 9.47 Å². The Kier molecular flexibility index (Phi) is 3.14. The second-order valence-electron chi connectivity index (χ2n) is 6.77. The maximum Gasteiger partial charge on any atom is 0.133 e. The molecule has 2 aliphatic heterocycles. The number of aromatic nitrogens is 3. The normalized spacial score (nSPS) is 33.1. The largest absolute Gasteiger partial charge is 0.310 e. The lowest BCUT2D eigenvalue weighted by molar-refractivity contribution is 0.255. The first-order valence-corrected chi connectivity index (χ1v) is 8.09. The molecule has 1 aromatic heterocycles. The molecule has 0 N–H and O–H groups in total. The van der Waals surface area contributed by atoms with Crippen LogP contribution in [0.1, 0.15) is 43.4 Å². The van der Waals surface area contributed by atoms with E-state index in [1.54, 1.807) is 0 Å². The zero-order valence-corrected chi connectivity index (χ0v) is 12.3. The van der Waals surface area contributed by atoms with E-state index < -0.39 is 0 Å². The first kappa shape index (κ1) is 12.6. The van der Waals surface area contributed by atoms with Gasteiger partial charge >= 0.3 is 0 Å². The van der Waals surface area contributed by atoms with E-state index in [0.717, 1.165) is 24.1 Å². The number of hydrogen-bond donors (Lipinski definition) is 0. The monoisotopic (exact) mass is 272 g/mol. The molecule has 3 heterocycles. The minimum Gasteiger partial charge on any atom is -0.310 e. The molecule has 0 unspecified atom stereocenters. The lowest BCUT2D eigenvalue weighted by Gasteiger charge is -2.27. The van der Waals surface area contributed by atoms with Crippen LogP contribution in [-0.4, -0.2) is 39.3 Å². The Bertz CT molecular complexity index is 519. The van der Waals surface area contributed by atoms with Crippen molar-refractivity contribution < 1.29 is 0 Å². The smallest absolute Gasteiger partial charge is 0.133 e. The number of fused-ring (bicyclic) bond motifs is 3. The van der Waals surface area contributed by atoms with Crippen LogP contribution in [0.2, 0.25) is 0 Å². The van der Waals surface area contributed by atoms with Crippen LogP contribution in [0.5, 0.6) is 0 Å². The van der Waals surface area contributed by atoms with Gasteiger partial charge in [-0.25, -0.2) is 0 Å². The Labute approximate surface area is 120 Å². The van der Waals surface area contributed by atoms with Crippen molar-refractivity contribution in [1.82, 2.24) is 19.7 Å². The molecule has 4 rings (SSSR count). The summed E-state index contributed by atoms with van der Waals surface area (Å²) in [4.78, 5) is 2.70. The predicted octanol–water partition coefficient (Wildman–Crippen LogP) is 2.36. The van der Waals surface area contributed by atoms with Crippen molar-refractivity contribution in [3.05, 3.63) is 23.8 Å². The van der Waals surface area contributed by atoms with Crippen molar-refractivity contribution in [2.45, 2.75) is 45.1 Å². The fraction of sp³-hybridized carbons (Fsp3) is 0.750. The molecule has 3 aliphatic rings. The second kappa shape index (κ2) is 4.99. The number of hydrogen-bond acceptors (Lipinski definition) is 3. The van der Waals surface area contributed by atoms with Gasteiger partial charge in [-0.3, -0.25) is 0 Å². The first-order chi connectivity index (χ1) is 9.81. The van der Waals surface area contributed by atoms with Gasteiger partial charge in [-0.05, 0) is 44.4 Å². The Balaban J connectivity index is 1.47. The molecule has 0 bridgehead atoms. The number of rotatable bonds is 2. The highest BCUT2D eigenvalue weighted by Gasteiger charge is 2.39. The van der Waals surface area contributed by atoms with Crippen molar-refractivity contribution in [2.75, 3.05) is 19.6 Å². The molecule has 1 fully saturated rings. The summed E-state index contributed by atoms with van der Waals surface area (Å²) in [7, 11) is 0. The minimum atomic E-state index is 0.632. The standard InChI is InChI=1S/C16H24N4/c1-12-17-18-16-8-7-14-10-19(11-15(14)20(12)16)9-13-5-3-2-4-6-13/h2-3,13-15H,4-11H2,1H3/t13-,14+,15-/m0/s1. The van der Waals surface area contributed by atoms with Crippen molar-refractivity contribution >= 4 is 0 Å². The Morgan fingerprint density at radius 2 is 2.15 bits per heavy atom. The molecule has 0 saturated carbocycles. The molecule has 0 spiro atoms. The van der Waals surface area contributed by atoms with Crippen molar-refractivity contribution in [2.24, 2.45) is 11.8 Å². The summed E-state index contributed by atoms with van der Waals surface area (Å²) < 4.78 is 2.43. The quantitative estimate of drug-likeness (QED) is 0.775. The van der Waals surface area contributed by atoms with Crippen molar-refractivity contribution in [1.29, 1.82) is 0 Å². The molecule has 1 aromatic rings. The van der Waals surface area contributed by atoms with E-state index in [1.807, 2.05) is 0 Å². The molecule has 3 atom stereocenters. The molecule has 0 aromatic carbocycles. The first-order valence-electron chi connectivity index (χ1n) is 8.09. The number of aryl methyl sites for hydroxylation is 2. The molecular formula is C16H24N4. The van der Waals surface area contributed by atoms with Gasteiger partial charge in [-0.1, -0.05) is 12.2 Å². The molecule has 0 radical (unpaired) electrons. The Morgan fingerprint density at radius 3 is 3.00 bits per heavy atom. The SMILES string of the molecule is Cc1nnc2n1[C@H]1CN(C[C@H]3CC=CCC3)C[C@H]1CC2. The van der Waals surface area contributed by atoms with Gasteiger partial charge in [-0.2, -0.15) is 0 Å². The van der Waals surface area contributed by atoms with Crippen LogP contribution < -0.4 is 0 Å². The van der Waals surface area contributed by atoms with Gasteiger partial charge in [0.1, 0.15) is 11.6 Å². The maximum absolute atomic E-state index is 4.34. The summed E-state index contributed by atoms with van der Waals surface area (Å²) in [5.74, 6) is 4.02. The molecule has 0 amide bonds. The average Bonchev–Trinajstić information content (AvgIpc) is 3.03. The highest BCUT2D eigenvalue weighted by Crippen LogP contribution is 2.37. The zero-order valence-electron chi connectivity index (χ0n) is 12.3. The molecule has 1 saturated heterocycles. The summed E-state index contributed by atoms with van der Waals surface area (Å²) in [5, 5.41) is 8.63. The van der Waals surface area contributed by atoms with Crippen LogP contribution in [0.3, 0.4) is 0 Å². The highest BCUT2D eigenvalue weighted by atomic mass is 15.3. The third-order valence-corrected chi connectivity index (χ3v) is 5.38. The molecular weight excluding hydrogens is 248 g/mol. The van der Waals surface area contributed by atoms with Gasteiger partial charge in [0.15, 0.2) is 0 Å². The summed E-state index contributed by atoms with van der Waals surface area (Å²) in [6.07, 6.45) is 11.1. The molecule has 4 heteroatoms. The van der Waals surface area contributed by atoms with Gasteiger partial charge in [-0.15, -0.1) is 10.2 Å². The summed E-state index contributed by atoms with van der Waals surface area (Å²) in [6.45, 7) is 5.88. The Morgan fingerprint density at radius 1 is 1.20 bits per heavy atom. The fourth-order valence-corrected chi connectivity index (χ4v) is 4.38. The second-order valence-corrected chi connectivity index (χ2v) is 6.77. The number of allylic oxidation sites excluding steroid dienone is 2. The average molecular weight is 272 g/mol. The van der Waals surface area contributed by atoms with Gasteiger partial charge in [0, 0.05) is 26.1 Å². The van der Waals surface area contributed by atoms with E-state index in [9.17, 15) is 0 Å². The molecule has 1 aliphatic carbocycles. The lowest BCUT2D eigenvalue weighted by atomic mass is 9.93. The van der Waals surface area contributed by atoms with Crippen LogP contribution in [0.25, 0.3) is 0 Å². The van der Waals surface area contributed by atoms with Crippen molar-refractivity contribution in [3.63, 3.8) is 0 Å². The molecule has 4 nitrogen and oxygen atoms in total. The molecule has 20 heavy (non-hydrogen) atoms. The van der Waals surface area contributed by atoms with Gasteiger partial charge in [0.05, 0.1) is 6.04 Å². The topological polar surface area (TPSA) is 34.0 Å². The maximum atomic E-state index is 4.34. The van der Waals surface area contributed by atoms with Crippen LogP contribution in [0.15, 0.2) is 12.2 Å². The van der Waals surface area contributed by atoms with E-state index in [0.29, 0.717) is 6.04 Å². The van der Waals surface area contributed by atoms with E-state index in [-0.39, 0.29) is 0 Å². The van der Waals surface area contributed by atoms with Crippen LogP contribution in [0.4, 0.5) is 0 Å². The minimum absolute atomic E-state index is 0.632. The van der Waals surface area contributed by atoms with Crippen LogP contribution in [0, 0.1) is 18.8 Å². The molecule has 108 valence electrons. The number of likely N-dealkylation sites (tertiary alicyclic amines) is 1. The van der Waals surface area contributed by atoms with Crippen LogP contribution >= 0.6 is 0 Å². The van der Waals surface area contributed by atoms with Gasteiger partial charge in [0.25, 0.3) is 0 Å². The van der Waals surface area contributed by atoms with E-state index in [1.165, 1.54) is 51.1 Å². The summed E-state index contributed by atoms with van der Waals surface area (Å²) >= 11 is 0. The van der Waals surface area contributed by atoms with E-state index >= 15 is 0 Å². The Hall–Kier alpha value is -1.16. The predicted molar refractivity (Wildman–Crippen MR) is 78.5 cm³/mol. The highest BCUT2D eigenvalue weighted by molar-refractivity contribution is 5.06. The summed E-state index contributed by atoms with van der Waals surface area (Å²) in [5.41, 5.74) is 0. The van der Waals surface area contributed by atoms with E-state index in [4.69, 9.17) is 0 Å². The third kappa shape index (κ3) is 2.10. The third-order valence-electron chi connectivity index (χ3n) is 5.38. The number of nitrogens with zero attached hydrogens (tertiary/aromatic N) is 4. The van der Waals surface area contributed by atoms with Crippen LogP contribution in [-0.2, 0) is 6.42 Å². The fourth-order valence-electron chi connectivity index (χ4n) is 4.38. The van der Waals surface area contributed by atoms with Crippen molar-refractivity contribution in [3.8, 4) is 0 Å². The zero-order chi connectivity index (χ0) is 13.5. The van der Waals surface area contributed by atoms with Gasteiger partial charge in [0.2, 0.25) is 0 Å².